The summed E-state index contributed by atoms with van der Waals surface area (Å²) < 4.78 is 51.3. The zero-order valence-electron chi connectivity index (χ0n) is 17.5. The molecule has 0 fully saturated rings. The molecular weight excluding hydrogens is 472 g/mol. The summed E-state index contributed by atoms with van der Waals surface area (Å²) in [5.74, 6) is -0.0209. The van der Waals surface area contributed by atoms with E-state index in [2.05, 4.69) is 20.6 Å². The van der Waals surface area contributed by atoms with Gasteiger partial charge in [-0.2, -0.15) is 13.2 Å². The van der Waals surface area contributed by atoms with E-state index in [9.17, 15) is 22.4 Å². The van der Waals surface area contributed by atoms with Crippen molar-refractivity contribution in [3.05, 3.63) is 88.7 Å². The van der Waals surface area contributed by atoms with Crippen LogP contribution in [0.2, 0.25) is 5.02 Å². The van der Waals surface area contributed by atoms with Crippen LogP contribution in [0, 0.1) is 5.82 Å². The summed E-state index contributed by atoms with van der Waals surface area (Å²) in [6, 6.07) is 14.9. The van der Waals surface area contributed by atoms with E-state index < -0.39 is 17.6 Å². The Morgan fingerprint density at radius 2 is 1.62 bits per heavy atom. The van der Waals surface area contributed by atoms with Crippen molar-refractivity contribution in [1.29, 1.82) is 0 Å². The highest BCUT2D eigenvalue weighted by molar-refractivity contribution is 6.31. The van der Waals surface area contributed by atoms with Crippen LogP contribution in [0.4, 0.5) is 23.4 Å². The van der Waals surface area contributed by atoms with Crippen LogP contribution < -0.4 is 10.6 Å². The summed E-state index contributed by atoms with van der Waals surface area (Å²) >= 11 is 6.10. The standard InChI is InChI=1S/C24H17ClF4N4O/c25-17-7-10-19-20(13-17)32-21(14-3-8-18(26)9-4-14)33-22(19)30-11-12-31-23(34)15-1-5-16(6-2-15)24(27,28)29/h1-10,13H,11-12H2,(H,31,34)(H,30,32,33). The molecule has 0 aliphatic carbocycles. The van der Waals surface area contributed by atoms with Crippen LogP contribution >= 0.6 is 11.6 Å². The Morgan fingerprint density at radius 1 is 0.912 bits per heavy atom. The lowest BCUT2D eigenvalue weighted by Crippen LogP contribution is -2.29. The van der Waals surface area contributed by atoms with Gasteiger partial charge in [0.2, 0.25) is 0 Å². The van der Waals surface area contributed by atoms with Crippen molar-refractivity contribution in [2.24, 2.45) is 0 Å². The first-order chi connectivity index (χ1) is 16.2. The maximum absolute atomic E-state index is 13.3. The summed E-state index contributed by atoms with van der Waals surface area (Å²) in [4.78, 5) is 21.3. The number of hydrogen-bond donors (Lipinski definition) is 2. The Morgan fingerprint density at radius 3 is 2.29 bits per heavy atom. The average molecular weight is 489 g/mol. The molecule has 0 unspecified atom stereocenters. The predicted octanol–water partition coefficient (Wildman–Crippen LogP) is 5.95. The number of halogens is 5. The van der Waals surface area contributed by atoms with E-state index in [0.717, 1.165) is 24.3 Å². The number of benzene rings is 3. The summed E-state index contributed by atoms with van der Waals surface area (Å²) in [6.07, 6.45) is -4.46. The minimum absolute atomic E-state index is 0.119. The number of carbonyl (C=O) groups excluding carboxylic acids is 1. The average Bonchev–Trinajstić information content (AvgIpc) is 2.81. The molecule has 0 saturated carbocycles. The van der Waals surface area contributed by atoms with E-state index >= 15 is 0 Å². The van der Waals surface area contributed by atoms with Gasteiger partial charge in [0.05, 0.1) is 11.1 Å². The zero-order chi connectivity index (χ0) is 24.3. The number of carbonyl (C=O) groups is 1. The highest BCUT2D eigenvalue weighted by Gasteiger charge is 2.30. The van der Waals surface area contributed by atoms with Crippen molar-refractivity contribution in [3.63, 3.8) is 0 Å². The van der Waals surface area contributed by atoms with Gasteiger partial charge in [-0.05, 0) is 66.7 Å². The normalized spacial score (nSPS) is 11.4. The summed E-state index contributed by atoms with van der Waals surface area (Å²) in [5, 5.41) is 6.97. The molecule has 34 heavy (non-hydrogen) atoms. The molecule has 2 N–H and O–H groups in total. The van der Waals surface area contributed by atoms with Crippen molar-refractivity contribution in [1.82, 2.24) is 15.3 Å². The number of amides is 1. The van der Waals surface area contributed by atoms with Crippen molar-refractivity contribution in [2.45, 2.75) is 6.18 Å². The third-order valence-electron chi connectivity index (χ3n) is 4.94. The molecule has 0 aliphatic heterocycles. The minimum atomic E-state index is -4.46. The Hall–Kier alpha value is -3.72. The molecule has 4 rings (SSSR count). The van der Waals surface area contributed by atoms with Crippen LogP contribution in [0.15, 0.2) is 66.7 Å². The van der Waals surface area contributed by atoms with E-state index in [-0.39, 0.29) is 24.5 Å². The van der Waals surface area contributed by atoms with Crippen LogP contribution in [0.5, 0.6) is 0 Å². The fourth-order valence-corrected chi connectivity index (χ4v) is 3.40. The molecule has 0 radical (unpaired) electrons. The Balaban J connectivity index is 1.46. The SMILES string of the molecule is O=C(NCCNc1nc(-c2ccc(F)cc2)nc2cc(Cl)ccc12)c1ccc(C(F)(F)F)cc1. The van der Waals surface area contributed by atoms with Gasteiger partial charge in [0.1, 0.15) is 11.6 Å². The molecule has 0 bridgehead atoms. The van der Waals surface area contributed by atoms with Crippen LogP contribution in [0.1, 0.15) is 15.9 Å². The summed E-state index contributed by atoms with van der Waals surface area (Å²) in [6.45, 7) is 0.467. The van der Waals surface area contributed by atoms with Gasteiger partial charge in [0, 0.05) is 34.6 Å². The Kier molecular flexibility index (Phi) is 6.65. The second kappa shape index (κ2) is 9.64. The molecule has 0 saturated heterocycles. The number of alkyl halides is 3. The molecule has 0 spiro atoms. The van der Waals surface area contributed by atoms with Gasteiger partial charge < -0.3 is 10.6 Å². The van der Waals surface area contributed by atoms with Crippen LogP contribution in [-0.2, 0) is 6.18 Å². The van der Waals surface area contributed by atoms with Gasteiger partial charge in [0.25, 0.3) is 5.91 Å². The topological polar surface area (TPSA) is 66.9 Å². The molecule has 1 heterocycles. The van der Waals surface area contributed by atoms with Gasteiger partial charge in [0.15, 0.2) is 5.82 Å². The molecule has 174 valence electrons. The van der Waals surface area contributed by atoms with Crippen molar-refractivity contribution >= 4 is 34.2 Å². The first-order valence-corrected chi connectivity index (χ1v) is 10.5. The summed E-state index contributed by atoms with van der Waals surface area (Å²) in [7, 11) is 0. The Bertz CT molecular complexity index is 1330. The largest absolute Gasteiger partial charge is 0.416 e. The fourth-order valence-electron chi connectivity index (χ4n) is 3.24. The molecule has 10 heteroatoms. The highest BCUT2D eigenvalue weighted by Crippen LogP contribution is 2.29. The second-order valence-corrected chi connectivity index (χ2v) is 7.76. The lowest BCUT2D eigenvalue weighted by molar-refractivity contribution is -0.137. The number of nitrogens with one attached hydrogen (secondary N) is 2. The monoisotopic (exact) mass is 488 g/mol. The molecule has 0 aliphatic rings. The van der Waals surface area contributed by atoms with Crippen LogP contribution in [0.25, 0.3) is 22.3 Å². The van der Waals surface area contributed by atoms with E-state index in [4.69, 9.17) is 11.6 Å². The molecule has 3 aromatic carbocycles. The number of anilines is 1. The van der Waals surface area contributed by atoms with Crippen LogP contribution in [-0.4, -0.2) is 29.0 Å². The third-order valence-corrected chi connectivity index (χ3v) is 5.17. The number of rotatable bonds is 6. The van der Waals surface area contributed by atoms with E-state index in [1.54, 1.807) is 30.3 Å². The van der Waals surface area contributed by atoms with E-state index in [1.165, 1.54) is 12.1 Å². The molecule has 4 aromatic rings. The van der Waals surface area contributed by atoms with E-state index in [0.29, 0.717) is 33.1 Å². The van der Waals surface area contributed by atoms with E-state index in [1.807, 2.05) is 0 Å². The molecular formula is C24H17ClF4N4O. The van der Waals surface area contributed by atoms with Crippen molar-refractivity contribution in [3.8, 4) is 11.4 Å². The fraction of sp³-hybridized carbons (Fsp3) is 0.125. The lowest BCUT2D eigenvalue weighted by Gasteiger charge is -2.12. The number of aromatic nitrogens is 2. The quantitative estimate of drug-likeness (QED) is 0.260. The maximum atomic E-state index is 13.3. The van der Waals surface area contributed by atoms with Gasteiger partial charge in [-0.1, -0.05) is 11.6 Å². The number of fused-ring (bicyclic) bond motifs is 1. The molecule has 1 aromatic heterocycles. The maximum Gasteiger partial charge on any atom is 0.416 e. The first kappa shape index (κ1) is 23.4. The molecule has 5 nitrogen and oxygen atoms in total. The highest BCUT2D eigenvalue weighted by atomic mass is 35.5. The van der Waals surface area contributed by atoms with Gasteiger partial charge in [-0.3, -0.25) is 4.79 Å². The number of nitrogens with zero attached hydrogens (tertiary/aromatic N) is 2. The van der Waals surface area contributed by atoms with Gasteiger partial charge in [-0.15, -0.1) is 0 Å². The second-order valence-electron chi connectivity index (χ2n) is 7.32. The van der Waals surface area contributed by atoms with Gasteiger partial charge >= 0.3 is 6.18 Å². The summed E-state index contributed by atoms with van der Waals surface area (Å²) in [5.41, 5.74) is 0.493. The zero-order valence-corrected chi connectivity index (χ0v) is 18.2. The van der Waals surface area contributed by atoms with Gasteiger partial charge in [-0.25, -0.2) is 14.4 Å². The molecule has 0 atom stereocenters. The van der Waals surface area contributed by atoms with Crippen LogP contribution in [0.3, 0.4) is 0 Å². The Labute approximate surface area is 196 Å². The first-order valence-electron chi connectivity index (χ1n) is 10.1. The smallest absolute Gasteiger partial charge is 0.368 e. The number of hydrogen-bond acceptors (Lipinski definition) is 4. The lowest BCUT2D eigenvalue weighted by atomic mass is 10.1. The minimum Gasteiger partial charge on any atom is -0.368 e. The molecule has 1 amide bonds. The predicted molar refractivity (Wildman–Crippen MR) is 122 cm³/mol. The van der Waals surface area contributed by atoms with Crippen molar-refractivity contribution in [2.75, 3.05) is 18.4 Å². The van der Waals surface area contributed by atoms with Crippen molar-refractivity contribution < 1.29 is 22.4 Å². The third kappa shape index (κ3) is 5.43.